The summed E-state index contributed by atoms with van der Waals surface area (Å²) in [6.45, 7) is 0. The van der Waals surface area contributed by atoms with Gasteiger partial charge in [-0.25, -0.2) is 0 Å². The molecule has 2 fully saturated rings. The Hall–Kier alpha value is -1.85. The topological polar surface area (TPSA) is 84.2 Å². The molecule has 1 heterocycles. The first-order chi connectivity index (χ1) is 9.54. The van der Waals surface area contributed by atoms with E-state index in [1.54, 1.807) is 10.9 Å². The molecule has 108 valence electrons. The standard InChI is InChI=1S/C14H19N3O3/c1-17-7-8(6-15-17)2-3-13(18)16-12-5-11(14(19)20)9-4-10(9)12/h6-7,9-12H,2-5H2,1H3,(H,16,18)(H,19,20)/t9-,10+,11-,12+/m0/s1. The number of carbonyl (C=O) groups excluding carboxylic acids is 1. The van der Waals surface area contributed by atoms with Crippen LogP contribution in [0.1, 0.15) is 24.8 Å². The Balaban J connectivity index is 1.47. The maximum absolute atomic E-state index is 11.9. The van der Waals surface area contributed by atoms with Crippen LogP contribution in [0.15, 0.2) is 12.4 Å². The first-order valence-electron chi connectivity index (χ1n) is 7.04. The van der Waals surface area contributed by atoms with Crippen LogP contribution in [0.3, 0.4) is 0 Å². The number of aromatic nitrogens is 2. The Labute approximate surface area is 117 Å². The van der Waals surface area contributed by atoms with E-state index in [0.717, 1.165) is 12.0 Å². The van der Waals surface area contributed by atoms with Crippen molar-refractivity contribution in [2.45, 2.75) is 31.7 Å². The molecule has 0 spiro atoms. The molecule has 6 nitrogen and oxygen atoms in total. The molecule has 1 amide bonds. The van der Waals surface area contributed by atoms with Crippen LogP contribution in [0, 0.1) is 17.8 Å². The van der Waals surface area contributed by atoms with Gasteiger partial charge >= 0.3 is 5.97 Å². The highest BCUT2D eigenvalue weighted by Crippen LogP contribution is 2.55. The number of carboxylic acids is 1. The highest BCUT2D eigenvalue weighted by Gasteiger charge is 2.57. The molecule has 1 aromatic heterocycles. The van der Waals surface area contributed by atoms with E-state index >= 15 is 0 Å². The predicted molar refractivity (Wildman–Crippen MR) is 70.8 cm³/mol. The lowest BCUT2D eigenvalue weighted by Gasteiger charge is -2.15. The molecule has 2 aliphatic carbocycles. The van der Waals surface area contributed by atoms with E-state index in [2.05, 4.69) is 10.4 Å². The van der Waals surface area contributed by atoms with Gasteiger partial charge in [0.15, 0.2) is 0 Å². The van der Waals surface area contributed by atoms with Gasteiger partial charge in [0.1, 0.15) is 0 Å². The molecule has 2 N–H and O–H groups in total. The van der Waals surface area contributed by atoms with Gasteiger partial charge in [0.2, 0.25) is 5.91 Å². The van der Waals surface area contributed by atoms with Crippen molar-refractivity contribution in [3.63, 3.8) is 0 Å². The van der Waals surface area contributed by atoms with Crippen molar-refractivity contribution in [2.24, 2.45) is 24.8 Å². The van der Waals surface area contributed by atoms with Gasteiger partial charge < -0.3 is 10.4 Å². The molecule has 2 aliphatic rings. The highest BCUT2D eigenvalue weighted by atomic mass is 16.4. The smallest absolute Gasteiger partial charge is 0.306 e. The Morgan fingerprint density at radius 2 is 2.25 bits per heavy atom. The van der Waals surface area contributed by atoms with Crippen molar-refractivity contribution in [1.82, 2.24) is 15.1 Å². The summed E-state index contributed by atoms with van der Waals surface area (Å²) in [6.07, 6.45) is 6.30. The minimum Gasteiger partial charge on any atom is -0.481 e. The van der Waals surface area contributed by atoms with Gasteiger partial charge in [0, 0.05) is 25.7 Å². The van der Waals surface area contributed by atoms with Crippen LogP contribution in [0.25, 0.3) is 0 Å². The SMILES string of the molecule is Cn1cc(CCC(=O)N[C@@H]2C[C@H](C(=O)O)[C@H]3C[C@H]32)cn1. The quantitative estimate of drug-likeness (QED) is 0.824. The molecule has 0 aromatic carbocycles. The van der Waals surface area contributed by atoms with Crippen LogP contribution < -0.4 is 5.32 Å². The third-order valence-electron chi connectivity index (χ3n) is 4.50. The molecule has 6 heteroatoms. The molecule has 1 aromatic rings. The van der Waals surface area contributed by atoms with Gasteiger partial charge in [-0.3, -0.25) is 14.3 Å². The van der Waals surface area contributed by atoms with Crippen molar-refractivity contribution in [1.29, 1.82) is 0 Å². The average molecular weight is 277 g/mol. The summed E-state index contributed by atoms with van der Waals surface area (Å²) in [5, 5.41) is 16.2. The van der Waals surface area contributed by atoms with E-state index in [0.29, 0.717) is 25.2 Å². The normalized spacial score (nSPS) is 30.9. The predicted octanol–water partition coefficient (Wildman–Crippen LogP) is 0.578. The molecular formula is C14H19N3O3. The number of aliphatic carboxylic acids is 1. The molecule has 2 saturated carbocycles. The highest BCUT2D eigenvalue weighted by molar-refractivity contribution is 5.77. The Bertz CT molecular complexity index is 540. The number of nitrogens with one attached hydrogen (secondary N) is 1. The van der Waals surface area contributed by atoms with Crippen LogP contribution in [0.5, 0.6) is 0 Å². The molecule has 0 unspecified atom stereocenters. The Morgan fingerprint density at radius 3 is 2.85 bits per heavy atom. The second kappa shape index (κ2) is 4.92. The summed E-state index contributed by atoms with van der Waals surface area (Å²) < 4.78 is 1.72. The number of carboxylic acid groups (broad SMARTS) is 1. The zero-order valence-electron chi connectivity index (χ0n) is 11.5. The zero-order valence-corrected chi connectivity index (χ0v) is 11.5. The minimum atomic E-state index is -0.718. The van der Waals surface area contributed by atoms with Gasteiger partial charge in [-0.15, -0.1) is 0 Å². The van der Waals surface area contributed by atoms with Crippen LogP contribution in [0.2, 0.25) is 0 Å². The maximum atomic E-state index is 11.9. The molecular weight excluding hydrogens is 258 g/mol. The van der Waals surface area contributed by atoms with E-state index in [1.165, 1.54) is 0 Å². The number of nitrogens with zero attached hydrogens (tertiary/aromatic N) is 2. The number of amides is 1. The van der Waals surface area contributed by atoms with Crippen molar-refractivity contribution in [3.05, 3.63) is 18.0 Å². The first-order valence-corrected chi connectivity index (χ1v) is 7.04. The van der Waals surface area contributed by atoms with Crippen LogP contribution in [-0.2, 0) is 23.1 Å². The second-order valence-corrected chi connectivity index (χ2v) is 5.94. The van der Waals surface area contributed by atoms with E-state index in [9.17, 15) is 9.59 Å². The maximum Gasteiger partial charge on any atom is 0.306 e. The first kappa shape index (κ1) is 13.1. The minimum absolute atomic E-state index is 0.00976. The van der Waals surface area contributed by atoms with Crippen molar-refractivity contribution in [2.75, 3.05) is 0 Å². The van der Waals surface area contributed by atoms with Gasteiger partial charge in [0.25, 0.3) is 0 Å². The van der Waals surface area contributed by atoms with Crippen molar-refractivity contribution in [3.8, 4) is 0 Å². The number of hydrogen-bond donors (Lipinski definition) is 2. The van der Waals surface area contributed by atoms with Gasteiger partial charge in [-0.1, -0.05) is 0 Å². The largest absolute Gasteiger partial charge is 0.481 e. The average Bonchev–Trinajstić information content (AvgIpc) is 2.94. The zero-order chi connectivity index (χ0) is 14.3. The lowest BCUT2D eigenvalue weighted by Crippen LogP contribution is -2.36. The molecule has 3 rings (SSSR count). The van der Waals surface area contributed by atoms with Gasteiger partial charge in [-0.2, -0.15) is 5.10 Å². The van der Waals surface area contributed by atoms with E-state index < -0.39 is 5.97 Å². The lowest BCUT2D eigenvalue weighted by atomic mass is 10.0. The number of hydrogen-bond acceptors (Lipinski definition) is 3. The summed E-state index contributed by atoms with van der Waals surface area (Å²) in [5.74, 6) is -0.293. The molecule has 0 aliphatic heterocycles. The summed E-state index contributed by atoms with van der Waals surface area (Å²) in [7, 11) is 1.85. The molecule has 0 saturated heterocycles. The Kier molecular flexibility index (Phi) is 3.23. The van der Waals surface area contributed by atoms with Crippen molar-refractivity contribution >= 4 is 11.9 Å². The van der Waals surface area contributed by atoms with E-state index in [-0.39, 0.29) is 23.8 Å². The van der Waals surface area contributed by atoms with Crippen LogP contribution >= 0.6 is 0 Å². The number of rotatable bonds is 5. The third-order valence-corrected chi connectivity index (χ3v) is 4.50. The summed E-state index contributed by atoms with van der Waals surface area (Å²) in [5.41, 5.74) is 1.04. The summed E-state index contributed by atoms with van der Waals surface area (Å²) in [6, 6.07) is 0.0579. The summed E-state index contributed by atoms with van der Waals surface area (Å²) in [4.78, 5) is 23.0. The fourth-order valence-electron chi connectivity index (χ4n) is 3.37. The fourth-order valence-corrected chi connectivity index (χ4v) is 3.37. The monoisotopic (exact) mass is 277 g/mol. The van der Waals surface area contributed by atoms with E-state index in [1.807, 2.05) is 13.2 Å². The number of carbonyl (C=O) groups is 2. The number of fused-ring (bicyclic) bond motifs is 1. The lowest BCUT2D eigenvalue weighted by molar-refractivity contribution is -0.142. The van der Waals surface area contributed by atoms with Crippen LogP contribution in [0.4, 0.5) is 0 Å². The molecule has 0 bridgehead atoms. The van der Waals surface area contributed by atoms with Crippen molar-refractivity contribution < 1.29 is 14.7 Å². The fraction of sp³-hybridized carbons (Fsp3) is 0.643. The van der Waals surface area contributed by atoms with E-state index in [4.69, 9.17) is 5.11 Å². The summed E-state index contributed by atoms with van der Waals surface area (Å²) >= 11 is 0. The van der Waals surface area contributed by atoms with Crippen LogP contribution in [-0.4, -0.2) is 32.8 Å². The van der Waals surface area contributed by atoms with Gasteiger partial charge in [-0.05, 0) is 36.7 Å². The molecule has 0 radical (unpaired) electrons. The third kappa shape index (κ3) is 2.55. The Morgan fingerprint density at radius 1 is 1.45 bits per heavy atom. The molecule has 4 atom stereocenters. The second-order valence-electron chi connectivity index (χ2n) is 5.94. The van der Waals surface area contributed by atoms with Gasteiger partial charge in [0.05, 0.1) is 12.1 Å². The number of aryl methyl sites for hydroxylation is 2. The molecule has 20 heavy (non-hydrogen) atoms.